The minimum absolute atomic E-state index is 0.279. The Bertz CT molecular complexity index is 1120. The van der Waals surface area contributed by atoms with Crippen molar-refractivity contribution in [2.45, 2.75) is 6.92 Å². The lowest BCUT2D eigenvalue weighted by atomic mass is 10.0. The van der Waals surface area contributed by atoms with Crippen LogP contribution in [0.15, 0.2) is 60.1 Å². The van der Waals surface area contributed by atoms with E-state index < -0.39 is 0 Å². The van der Waals surface area contributed by atoms with Gasteiger partial charge in [0.25, 0.3) is 5.91 Å². The molecule has 1 N–H and O–H groups in total. The van der Waals surface area contributed by atoms with E-state index in [1.165, 1.54) is 0 Å². The van der Waals surface area contributed by atoms with Crippen molar-refractivity contribution in [3.05, 3.63) is 76.4 Å². The van der Waals surface area contributed by atoms with E-state index in [2.05, 4.69) is 33.5 Å². The number of hydrogen-bond acceptors (Lipinski definition) is 4. The predicted octanol–water partition coefficient (Wildman–Crippen LogP) is 5.57. The molecule has 4 aromatic rings. The van der Waals surface area contributed by atoms with Crippen LogP contribution >= 0.6 is 22.9 Å². The van der Waals surface area contributed by atoms with E-state index in [-0.39, 0.29) is 5.91 Å². The molecule has 0 aliphatic heterocycles. The first kappa shape index (κ1) is 16.7. The summed E-state index contributed by atoms with van der Waals surface area (Å²) in [5, 5.41) is 3.21. The number of amides is 1. The number of nitrogens with one attached hydrogen (secondary N) is 1. The molecule has 2 aromatic heterocycles. The number of aromatic nitrogens is 2. The quantitative estimate of drug-likeness (QED) is 0.506. The summed E-state index contributed by atoms with van der Waals surface area (Å²) in [6, 6.07) is 16.9. The number of aryl methyl sites for hydroxylation is 1. The average molecular weight is 380 g/mol. The minimum Gasteiger partial charge on any atom is -0.307 e. The molecule has 0 saturated heterocycles. The second kappa shape index (κ2) is 6.86. The highest BCUT2D eigenvalue weighted by Gasteiger charge is 2.12. The third-order valence-corrected chi connectivity index (χ3v) is 5.23. The van der Waals surface area contributed by atoms with E-state index in [1.807, 2.05) is 18.5 Å². The molecular formula is C20H14ClN3OS. The molecule has 0 atom stereocenters. The fourth-order valence-electron chi connectivity index (χ4n) is 2.79. The van der Waals surface area contributed by atoms with Crippen LogP contribution in [0.1, 0.15) is 16.1 Å². The molecule has 1 amide bonds. The van der Waals surface area contributed by atoms with Crippen LogP contribution in [0.25, 0.3) is 21.3 Å². The van der Waals surface area contributed by atoms with Gasteiger partial charge in [-0.15, -0.1) is 11.3 Å². The molecule has 0 aliphatic rings. The maximum absolute atomic E-state index is 12.4. The van der Waals surface area contributed by atoms with Crippen molar-refractivity contribution in [2.75, 3.05) is 5.32 Å². The molecule has 2 aromatic carbocycles. The Labute approximate surface area is 159 Å². The second-order valence-electron chi connectivity index (χ2n) is 5.80. The summed E-state index contributed by atoms with van der Waals surface area (Å²) < 4.78 is 1.16. The topological polar surface area (TPSA) is 54.9 Å². The van der Waals surface area contributed by atoms with E-state index in [0.717, 1.165) is 27.0 Å². The SMILES string of the molecule is Cc1nc(NC(=O)c2ccccc2Cl)ccc1-c1ccc2scnc2c1. The summed E-state index contributed by atoms with van der Waals surface area (Å²) in [6.07, 6.45) is 0. The third kappa shape index (κ3) is 3.19. The maximum Gasteiger partial charge on any atom is 0.258 e. The van der Waals surface area contributed by atoms with E-state index >= 15 is 0 Å². The van der Waals surface area contributed by atoms with Crippen molar-refractivity contribution in [3.8, 4) is 11.1 Å². The zero-order valence-corrected chi connectivity index (χ0v) is 15.4. The Morgan fingerprint density at radius 3 is 2.77 bits per heavy atom. The maximum atomic E-state index is 12.4. The number of pyridine rings is 1. The van der Waals surface area contributed by atoms with E-state index in [0.29, 0.717) is 16.4 Å². The number of fused-ring (bicyclic) bond motifs is 1. The predicted molar refractivity (Wildman–Crippen MR) is 107 cm³/mol. The first-order valence-corrected chi connectivity index (χ1v) is 9.25. The third-order valence-electron chi connectivity index (χ3n) is 4.09. The number of halogens is 1. The summed E-state index contributed by atoms with van der Waals surface area (Å²) in [5.74, 6) is 0.213. The van der Waals surface area contributed by atoms with Crippen molar-refractivity contribution in [1.29, 1.82) is 0 Å². The van der Waals surface area contributed by atoms with Crippen LogP contribution in [0.5, 0.6) is 0 Å². The van der Waals surface area contributed by atoms with Crippen LogP contribution in [0.4, 0.5) is 5.82 Å². The number of anilines is 1. The number of carbonyl (C=O) groups excluding carboxylic acids is 1. The van der Waals surface area contributed by atoms with Crippen LogP contribution in [0.3, 0.4) is 0 Å². The summed E-state index contributed by atoms with van der Waals surface area (Å²) >= 11 is 7.69. The number of thiazole rings is 1. The van der Waals surface area contributed by atoms with Gasteiger partial charge in [-0.05, 0) is 48.9 Å². The van der Waals surface area contributed by atoms with Crippen molar-refractivity contribution >= 4 is 44.9 Å². The molecule has 0 spiro atoms. The molecule has 2 heterocycles. The number of rotatable bonds is 3. The van der Waals surface area contributed by atoms with Gasteiger partial charge in [0, 0.05) is 11.3 Å². The van der Waals surface area contributed by atoms with Crippen LogP contribution < -0.4 is 5.32 Å². The summed E-state index contributed by atoms with van der Waals surface area (Å²) in [4.78, 5) is 21.3. The lowest BCUT2D eigenvalue weighted by Gasteiger charge is -2.10. The van der Waals surface area contributed by atoms with Crippen molar-refractivity contribution in [1.82, 2.24) is 9.97 Å². The van der Waals surface area contributed by atoms with Crippen LogP contribution in [-0.2, 0) is 0 Å². The molecule has 0 saturated carbocycles. The lowest BCUT2D eigenvalue weighted by molar-refractivity contribution is 0.102. The summed E-state index contributed by atoms with van der Waals surface area (Å²) in [7, 11) is 0. The van der Waals surface area contributed by atoms with Gasteiger partial charge in [-0.3, -0.25) is 4.79 Å². The van der Waals surface area contributed by atoms with Gasteiger partial charge >= 0.3 is 0 Å². The highest BCUT2D eigenvalue weighted by atomic mass is 35.5. The molecule has 6 heteroatoms. The standard InChI is InChI=1S/C20H14ClN3OS/c1-12-14(13-6-8-18-17(10-13)22-11-26-18)7-9-19(23-12)24-20(25)15-4-2-3-5-16(15)21/h2-11H,1H3,(H,23,24,25). The zero-order valence-electron chi connectivity index (χ0n) is 13.9. The highest BCUT2D eigenvalue weighted by Crippen LogP contribution is 2.28. The Morgan fingerprint density at radius 2 is 1.96 bits per heavy atom. The second-order valence-corrected chi connectivity index (χ2v) is 7.09. The molecule has 0 fully saturated rings. The van der Waals surface area contributed by atoms with Crippen LogP contribution in [0, 0.1) is 6.92 Å². The van der Waals surface area contributed by atoms with Gasteiger partial charge < -0.3 is 5.32 Å². The Balaban J connectivity index is 1.61. The normalized spacial score (nSPS) is 10.8. The number of nitrogens with zero attached hydrogens (tertiary/aromatic N) is 2. The molecule has 0 radical (unpaired) electrons. The Morgan fingerprint density at radius 1 is 1.12 bits per heavy atom. The fraction of sp³-hybridized carbons (Fsp3) is 0.0500. The van der Waals surface area contributed by atoms with Crippen molar-refractivity contribution in [3.63, 3.8) is 0 Å². The van der Waals surface area contributed by atoms with E-state index in [9.17, 15) is 4.79 Å². The minimum atomic E-state index is -0.279. The average Bonchev–Trinajstić information content (AvgIpc) is 3.10. The monoisotopic (exact) mass is 379 g/mol. The van der Waals surface area contributed by atoms with Crippen LogP contribution in [0.2, 0.25) is 5.02 Å². The molecule has 0 aliphatic carbocycles. The molecule has 4 rings (SSSR count). The fourth-order valence-corrected chi connectivity index (χ4v) is 3.67. The number of benzene rings is 2. The summed E-state index contributed by atoms with van der Waals surface area (Å²) in [6.45, 7) is 1.92. The van der Waals surface area contributed by atoms with Gasteiger partial charge in [0.2, 0.25) is 0 Å². The van der Waals surface area contributed by atoms with Gasteiger partial charge in [-0.2, -0.15) is 0 Å². The van der Waals surface area contributed by atoms with Gasteiger partial charge in [0.1, 0.15) is 5.82 Å². The molecule has 4 nitrogen and oxygen atoms in total. The molecule has 128 valence electrons. The van der Waals surface area contributed by atoms with Gasteiger partial charge in [-0.1, -0.05) is 29.8 Å². The molecular weight excluding hydrogens is 366 g/mol. The Hall–Kier alpha value is -2.76. The molecule has 0 bridgehead atoms. The Kier molecular flexibility index (Phi) is 4.41. The summed E-state index contributed by atoms with van der Waals surface area (Å²) in [5.41, 5.74) is 6.13. The van der Waals surface area contributed by atoms with Crippen molar-refractivity contribution < 1.29 is 4.79 Å². The van der Waals surface area contributed by atoms with E-state index in [1.54, 1.807) is 41.7 Å². The van der Waals surface area contributed by atoms with E-state index in [4.69, 9.17) is 11.6 Å². The molecule has 0 unspecified atom stereocenters. The highest BCUT2D eigenvalue weighted by molar-refractivity contribution is 7.16. The number of hydrogen-bond donors (Lipinski definition) is 1. The number of carbonyl (C=O) groups is 1. The van der Waals surface area contributed by atoms with Gasteiger partial charge in [-0.25, -0.2) is 9.97 Å². The smallest absolute Gasteiger partial charge is 0.258 e. The van der Waals surface area contributed by atoms with Gasteiger partial charge in [0.05, 0.1) is 26.3 Å². The zero-order chi connectivity index (χ0) is 18.1. The van der Waals surface area contributed by atoms with Crippen LogP contribution in [-0.4, -0.2) is 15.9 Å². The van der Waals surface area contributed by atoms with Gasteiger partial charge in [0.15, 0.2) is 0 Å². The first-order chi connectivity index (χ1) is 12.6. The lowest BCUT2D eigenvalue weighted by Crippen LogP contribution is -2.13. The largest absolute Gasteiger partial charge is 0.307 e. The molecule has 26 heavy (non-hydrogen) atoms. The first-order valence-electron chi connectivity index (χ1n) is 7.99. The van der Waals surface area contributed by atoms with Crippen molar-refractivity contribution in [2.24, 2.45) is 0 Å².